The molecule has 2 aliphatic heterocycles. The smallest absolute Gasteiger partial charge is 0.253 e. The standard InChI is InChI=1S/C25H31BrN4O2/c1-18-7-8-22(24(31)27-11-16-29-12-2-3-13-29)23(28-18)19-9-14-30(15-10-19)25(32)20-5-4-6-21(26)17-20/h4-8,17,19H,2-3,9-16H2,1H3,(H,27,31). The number of rotatable bonds is 6. The highest BCUT2D eigenvalue weighted by Gasteiger charge is 2.28. The number of pyridine rings is 1. The van der Waals surface area contributed by atoms with Crippen LogP contribution in [0.5, 0.6) is 0 Å². The van der Waals surface area contributed by atoms with Crippen molar-refractivity contribution in [3.05, 3.63) is 63.4 Å². The van der Waals surface area contributed by atoms with Gasteiger partial charge in [0.05, 0.1) is 11.3 Å². The van der Waals surface area contributed by atoms with Crippen LogP contribution in [0.3, 0.4) is 0 Å². The summed E-state index contributed by atoms with van der Waals surface area (Å²) < 4.78 is 0.905. The summed E-state index contributed by atoms with van der Waals surface area (Å²) >= 11 is 3.44. The lowest BCUT2D eigenvalue weighted by atomic mass is 9.89. The minimum Gasteiger partial charge on any atom is -0.351 e. The molecule has 32 heavy (non-hydrogen) atoms. The number of nitrogens with one attached hydrogen (secondary N) is 1. The largest absolute Gasteiger partial charge is 0.351 e. The average molecular weight is 499 g/mol. The quantitative estimate of drug-likeness (QED) is 0.653. The number of hydrogen-bond acceptors (Lipinski definition) is 4. The average Bonchev–Trinajstić information content (AvgIpc) is 3.32. The number of likely N-dealkylation sites (tertiary alicyclic amines) is 2. The van der Waals surface area contributed by atoms with Crippen LogP contribution in [-0.2, 0) is 0 Å². The van der Waals surface area contributed by atoms with E-state index < -0.39 is 0 Å². The number of amides is 2. The molecule has 0 unspecified atom stereocenters. The molecule has 0 bridgehead atoms. The maximum atomic E-state index is 12.9. The van der Waals surface area contributed by atoms with Crippen LogP contribution in [0, 0.1) is 6.92 Å². The fourth-order valence-electron chi connectivity index (χ4n) is 4.67. The van der Waals surface area contributed by atoms with Gasteiger partial charge in [-0.2, -0.15) is 0 Å². The van der Waals surface area contributed by atoms with Gasteiger partial charge in [0, 0.05) is 47.8 Å². The molecule has 170 valence electrons. The summed E-state index contributed by atoms with van der Waals surface area (Å²) in [4.78, 5) is 34.9. The number of carbonyl (C=O) groups excluding carboxylic acids is 2. The Morgan fingerprint density at radius 2 is 1.84 bits per heavy atom. The highest BCUT2D eigenvalue weighted by atomic mass is 79.9. The number of carbonyl (C=O) groups is 2. The summed E-state index contributed by atoms with van der Waals surface area (Å²) in [7, 11) is 0. The Hall–Kier alpha value is -2.25. The molecule has 2 aliphatic rings. The van der Waals surface area contributed by atoms with Crippen LogP contribution in [0.2, 0.25) is 0 Å². The molecule has 0 spiro atoms. The number of aromatic nitrogens is 1. The second kappa shape index (κ2) is 10.6. The van der Waals surface area contributed by atoms with Crippen LogP contribution >= 0.6 is 15.9 Å². The maximum absolute atomic E-state index is 12.9. The summed E-state index contributed by atoms with van der Waals surface area (Å²) in [5.41, 5.74) is 3.16. The number of halogens is 1. The van der Waals surface area contributed by atoms with Gasteiger partial charge >= 0.3 is 0 Å². The fraction of sp³-hybridized carbons (Fsp3) is 0.480. The SMILES string of the molecule is Cc1ccc(C(=O)NCCN2CCCC2)c(C2CCN(C(=O)c3cccc(Br)c3)CC2)n1. The molecule has 0 atom stereocenters. The maximum Gasteiger partial charge on any atom is 0.253 e. The molecule has 1 N–H and O–H groups in total. The summed E-state index contributed by atoms with van der Waals surface area (Å²) in [5, 5.41) is 3.09. The van der Waals surface area contributed by atoms with E-state index in [1.54, 1.807) is 0 Å². The zero-order chi connectivity index (χ0) is 22.5. The van der Waals surface area contributed by atoms with Crippen LogP contribution in [-0.4, -0.2) is 65.9 Å². The summed E-state index contributed by atoms with van der Waals surface area (Å²) in [6, 6.07) is 11.3. The van der Waals surface area contributed by atoms with E-state index in [1.165, 1.54) is 12.8 Å². The van der Waals surface area contributed by atoms with Gasteiger partial charge in [-0.1, -0.05) is 22.0 Å². The molecule has 2 fully saturated rings. The lowest BCUT2D eigenvalue weighted by Gasteiger charge is -2.32. The zero-order valence-corrected chi connectivity index (χ0v) is 20.2. The monoisotopic (exact) mass is 498 g/mol. The van der Waals surface area contributed by atoms with Crippen molar-refractivity contribution in [2.75, 3.05) is 39.3 Å². The van der Waals surface area contributed by atoms with Crippen molar-refractivity contribution in [1.29, 1.82) is 0 Å². The molecule has 6 nitrogen and oxygen atoms in total. The first-order valence-electron chi connectivity index (χ1n) is 11.5. The van der Waals surface area contributed by atoms with Crippen molar-refractivity contribution in [3.63, 3.8) is 0 Å². The lowest BCUT2D eigenvalue weighted by molar-refractivity contribution is 0.0710. The van der Waals surface area contributed by atoms with Crippen LogP contribution in [0.4, 0.5) is 0 Å². The van der Waals surface area contributed by atoms with Crippen molar-refractivity contribution in [2.24, 2.45) is 0 Å². The van der Waals surface area contributed by atoms with Crippen LogP contribution in [0.1, 0.15) is 63.7 Å². The normalized spacial score (nSPS) is 17.5. The molecule has 3 heterocycles. The Bertz CT molecular complexity index is 966. The van der Waals surface area contributed by atoms with Gasteiger partial charge in [-0.05, 0) is 76.0 Å². The van der Waals surface area contributed by atoms with Crippen molar-refractivity contribution in [2.45, 2.75) is 38.5 Å². The Kier molecular flexibility index (Phi) is 7.58. The van der Waals surface area contributed by atoms with Gasteiger partial charge in [0.1, 0.15) is 0 Å². The number of hydrogen-bond donors (Lipinski definition) is 1. The Balaban J connectivity index is 1.38. The number of aryl methyl sites for hydroxylation is 1. The predicted octanol–water partition coefficient (Wildman–Crippen LogP) is 4.00. The molecular weight excluding hydrogens is 468 g/mol. The summed E-state index contributed by atoms with van der Waals surface area (Å²) in [6.07, 6.45) is 4.12. The van der Waals surface area contributed by atoms with Crippen LogP contribution in [0.15, 0.2) is 40.9 Å². The molecular formula is C25H31BrN4O2. The van der Waals surface area contributed by atoms with Crippen LogP contribution in [0.25, 0.3) is 0 Å². The van der Waals surface area contributed by atoms with Crippen LogP contribution < -0.4 is 5.32 Å². The first-order chi connectivity index (χ1) is 15.5. The molecule has 1 aromatic carbocycles. The van der Waals surface area contributed by atoms with Gasteiger partial charge in [-0.25, -0.2) is 0 Å². The van der Waals surface area contributed by atoms with E-state index in [4.69, 9.17) is 4.98 Å². The van der Waals surface area contributed by atoms with E-state index in [2.05, 4.69) is 26.1 Å². The molecule has 2 saturated heterocycles. The van der Waals surface area contributed by atoms with E-state index >= 15 is 0 Å². The van der Waals surface area contributed by atoms with Crippen molar-refractivity contribution in [1.82, 2.24) is 20.1 Å². The molecule has 2 amide bonds. The second-order valence-electron chi connectivity index (χ2n) is 8.77. The van der Waals surface area contributed by atoms with E-state index in [9.17, 15) is 9.59 Å². The molecule has 4 rings (SSSR count). The highest BCUT2D eigenvalue weighted by molar-refractivity contribution is 9.10. The highest BCUT2D eigenvalue weighted by Crippen LogP contribution is 2.30. The third-order valence-electron chi connectivity index (χ3n) is 6.46. The van der Waals surface area contributed by atoms with Gasteiger partial charge in [0.2, 0.25) is 0 Å². The Morgan fingerprint density at radius 3 is 2.56 bits per heavy atom. The van der Waals surface area contributed by atoms with Gasteiger partial charge < -0.3 is 15.1 Å². The second-order valence-corrected chi connectivity index (χ2v) is 9.68. The molecule has 0 aliphatic carbocycles. The first-order valence-corrected chi connectivity index (χ1v) is 12.3. The lowest BCUT2D eigenvalue weighted by Crippen LogP contribution is -2.39. The van der Waals surface area contributed by atoms with Gasteiger partial charge in [-0.15, -0.1) is 0 Å². The third kappa shape index (κ3) is 5.56. The number of piperidine rings is 1. The van der Waals surface area contributed by atoms with Crippen molar-refractivity contribution in [3.8, 4) is 0 Å². The topological polar surface area (TPSA) is 65.5 Å². The Morgan fingerprint density at radius 1 is 1.09 bits per heavy atom. The minimum absolute atomic E-state index is 0.0423. The Labute approximate surface area is 198 Å². The van der Waals surface area contributed by atoms with E-state index in [1.807, 2.05) is 48.2 Å². The van der Waals surface area contributed by atoms with Gasteiger partial charge in [0.15, 0.2) is 0 Å². The van der Waals surface area contributed by atoms with E-state index in [0.29, 0.717) is 30.8 Å². The molecule has 2 aromatic rings. The molecule has 7 heteroatoms. The molecule has 0 saturated carbocycles. The van der Waals surface area contributed by atoms with Gasteiger partial charge in [0.25, 0.3) is 11.8 Å². The van der Waals surface area contributed by atoms with Gasteiger partial charge in [-0.3, -0.25) is 14.6 Å². The zero-order valence-electron chi connectivity index (χ0n) is 18.6. The van der Waals surface area contributed by atoms with Crippen molar-refractivity contribution < 1.29 is 9.59 Å². The molecule has 1 aromatic heterocycles. The predicted molar refractivity (Wildman–Crippen MR) is 129 cm³/mol. The van der Waals surface area contributed by atoms with E-state index in [-0.39, 0.29) is 17.7 Å². The molecule has 0 radical (unpaired) electrons. The third-order valence-corrected chi connectivity index (χ3v) is 6.95. The number of benzene rings is 1. The van der Waals surface area contributed by atoms with Crippen molar-refractivity contribution >= 4 is 27.7 Å². The first kappa shape index (κ1) is 22.9. The van der Waals surface area contributed by atoms with E-state index in [0.717, 1.165) is 48.3 Å². The minimum atomic E-state index is -0.0423. The summed E-state index contributed by atoms with van der Waals surface area (Å²) in [5.74, 6) is 0.196. The fourth-order valence-corrected chi connectivity index (χ4v) is 5.07. The summed E-state index contributed by atoms with van der Waals surface area (Å²) in [6.45, 7) is 7.12. The number of nitrogens with zero attached hydrogens (tertiary/aromatic N) is 3.